The molecule has 0 spiro atoms. The van der Waals surface area contributed by atoms with Crippen LogP contribution >= 0.6 is 0 Å². The number of aliphatic hydroxyl groups excluding tert-OH is 1. The van der Waals surface area contributed by atoms with Crippen molar-refractivity contribution in [3.05, 3.63) is 0 Å². The van der Waals surface area contributed by atoms with Gasteiger partial charge in [0.05, 0.1) is 0 Å². The molecule has 1 heterocycles. The van der Waals surface area contributed by atoms with E-state index in [4.69, 9.17) is 10.2 Å². The largest absolute Gasteiger partial charge is 0.480 e. The van der Waals surface area contributed by atoms with Gasteiger partial charge in [-0.05, 0) is 19.0 Å². The number of aliphatic hydroxyl groups is 1. The molecule has 0 aromatic carbocycles. The zero-order chi connectivity index (χ0) is 12.1. The summed E-state index contributed by atoms with van der Waals surface area (Å²) in [6.07, 6.45) is 0.0384. The first-order valence-corrected chi connectivity index (χ1v) is 5.41. The minimum Gasteiger partial charge on any atom is -0.480 e. The van der Waals surface area contributed by atoms with Gasteiger partial charge in [0.2, 0.25) is 5.91 Å². The average molecular weight is 230 g/mol. The Kier molecular flexibility index (Phi) is 4.70. The van der Waals surface area contributed by atoms with Crippen LogP contribution in [0.1, 0.15) is 13.3 Å². The summed E-state index contributed by atoms with van der Waals surface area (Å²) in [6, 6.07) is -0.993. The Bertz CT molecular complexity index is 266. The second-order valence-electron chi connectivity index (χ2n) is 4.12. The van der Waals surface area contributed by atoms with E-state index in [1.165, 1.54) is 0 Å². The molecule has 0 radical (unpaired) electrons. The van der Waals surface area contributed by atoms with E-state index >= 15 is 0 Å². The quantitative estimate of drug-likeness (QED) is 0.459. The average Bonchev–Trinajstić information content (AvgIpc) is 2.13. The van der Waals surface area contributed by atoms with Crippen molar-refractivity contribution in [1.29, 1.82) is 0 Å². The first-order valence-electron chi connectivity index (χ1n) is 5.41. The van der Waals surface area contributed by atoms with Crippen LogP contribution in [-0.2, 0) is 9.59 Å². The van der Waals surface area contributed by atoms with Crippen LogP contribution in [0.3, 0.4) is 0 Å². The summed E-state index contributed by atoms with van der Waals surface area (Å²) >= 11 is 0. The van der Waals surface area contributed by atoms with Gasteiger partial charge in [0.1, 0.15) is 6.04 Å². The molecule has 0 aromatic rings. The van der Waals surface area contributed by atoms with Gasteiger partial charge in [0.15, 0.2) is 0 Å². The Morgan fingerprint density at radius 2 is 2.12 bits per heavy atom. The van der Waals surface area contributed by atoms with Crippen molar-refractivity contribution in [2.45, 2.75) is 19.4 Å². The van der Waals surface area contributed by atoms with Crippen molar-refractivity contribution in [3.8, 4) is 0 Å². The molecule has 1 aliphatic rings. The van der Waals surface area contributed by atoms with Gasteiger partial charge in [-0.1, -0.05) is 6.92 Å². The lowest BCUT2D eigenvalue weighted by Crippen LogP contribution is -2.52. The van der Waals surface area contributed by atoms with Gasteiger partial charge in [0.25, 0.3) is 0 Å². The second-order valence-corrected chi connectivity index (χ2v) is 4.12. The third-order valence-corrected chi connectivity index (χ3v) is 2.97. The molecule has 1 aliphatic heterocycles. The number of carboxylic acids is 1. The lowest BCUT2D eigenvalue weighted by Gasteiger charge is -2.32. The fraction of sp³-hybridized carbons (Fsp3) is 0.800. The van der Waals surface area contributed by atoms with Gasteiger partial charge in [0, 0.05) is 18.9 Å². The van der Waals surface area contributed by atoms with E-state index in [2.05, 4.69) is 10.6 Å². The Morgan fingerprint density at radius 3 is 2.50 bits per heavy atom. The molecule has 0 aliphatic carbocycles. The highest BCUT2D eigenvalue weighted by molar-refractivity contribution is 5.85. The van der Waals surface area contributed by atoms with Crippen molar-refractivity contribution < 1.29 is 19.8 Å². The Balaban J connectivity index is 2.43. The number of hydrogen-bond acceptors (Lipinski definition) is 4. The summed E-state index contributed by atoms with van der Waals surface area (Å²) in [6.45, 7) is 3.13. The van der Waals surface area contributed by atoms with Gasteiger partial charge in [-0.25, -0.2) is 4.79 Å². The molecule has 1 fully saturated rings. The van der Waals surface area contributed by atoms with E-state index in [1.54, 1.807) is 6.92 Å². The zero-order valence-electron chi connectivity index (χ0n) is 9.27. The fourth-order valence-electron chi connectivity index (χ4n) is 1.57. The molecule has 16 heavy (non-hydrogen) atoms. The summed E-state index contributed by atoms with van der Waals surface area (Å²) in [7, 11) is 0. The molecule has 1 unspecified atom stereocenters. The number of carboxylic acid groups (broad SMARTS) is 1. The standard InChI is InChI=1S/C10H18N2O4/c1-6(7-4-11-5-7)9(14)12-8(2-3-13)10(15)16/h6-8,11,13H,2-5H2,1H3,(H,12,14)(H,15,16)/t6?,8-/m1/s1. The monoisotopic (exact) mass is 230 g/mol. The summed E-state index contributed by atoms with van der Waals surface area (Å²) in [4.78, 5) is 22.4. The van der Waals surface area contributed by atoms with Gasteiger partial charge in [-0.15, -0.1) is 0 Å². The third-order valence-electron chi connectivity index (χ3n) is 2.97. The Morgan fingerprint density at radius 1 is 1.50 bits per heavy atom. The predicted octanol–water partition coefficient (Wildman–Crippen LogP) is -1.21. The van der Waals surface area contributed by atoms with E-state index in [-0.39, 0.29) is 30.8 Å². The number of hydrogen-bond donors (Lipinski definition) is 4. The Labute approximate surface area is 94.0 Å². The Hall–Kier alpha value is -1.14. The van der Waals surface area contributed by atoms with Crippen molar-refractivity contribution in [1.82, 2.24) is 10.6 Å². The fourth-order valence-corrected chi connectivity index (χ4v) is 1.57. The number of aliphatic carboxylic acids is 1. The summed E-state index contributed by atoms with van der Waals surface area (Å²) in [5.41, 5.74) is 0. The molecule has 1 saturated heterocycles. The van der Waals surface area contributed by atoms with Crippen LogP contribution in [0.25, 0.3) is 0 Å². The molecule has 92 valence electrons. The molecular formula is C10H18N2O4. The van der Waals surface area contributed by atoms with E-state index < -0.39 is 12.0 Å². The van der Waals surface area contributed by atoms with Crippen molar-refractivity contribution in [3.63, 3.8) is 0 Å². The SMILES string of the molecule is CC(C(=O)N[C@H](CCO)C(=O)O)C1CNC1. The minimum atomic E-state index is -1.11. The lowest BCUT2D eigenvalue weighted by atomic mass is 9.88. The number of amides is 1. The molecule has 0 bridgehead atoms. The van der Waals surface area contributed by atoms with Crippen molar-refractivity contribution in [2.75, 3.05) is 19.7 Å². The summed E-state index contributed by atoms with van der Waals surface area (Å²) in [5.74, 6) is -1.28. The molecule has 1 rings (SSSR count). The second kappa shape index (κ2) is 5.81. The first kappa shape index (κ1) is 12.9. The highest BCUT2D eigenvalue weighted by Crippen LogP contribution is 2.16. The lowest BCUT2D eigenvalue weighted by molar-refractivity contribution is -0.143. The van der Waals surface area contributed by atoms with E-state index in [9.17, 15) is 9.59 Å². The van der Waals surface area contributed by atoms with Crippen LogP contribution in [0, 0.1) is 11.8 Å². The molecule has 4 N–H and O–H groups in total. The predicted molar refractivity (Wildman–Crippen MR) is 56.8 cm³/mol. The molecule has 6 nitrogen and oxygen atoms in total. The number of carbonyl (C=O) groups is 2. The van der Waals surface area contributed by atoms with Crippen LogP contribution < -0.4 is 10.6 Å². The topological polar surface area (TPSA) is 98.7 Å². The highest BCUT2D eigenvalue weighted by Gasteiger charge is 2.30. The van der Waals surface area contributed by atoms with Crippen LogP contribution in [0.5, 0.6) is 0 Å². The molecule has 6 heteroatoms. The van der Waals surface area contributed by atoms with Gasteiger partial charge in [-0.3, -0.25) is 4.79 Å². The maximum Gasteiger partial charge on any atom is 0.326 e. The highest BCUT2D eigenvalue weighted by atomic mass is 16.4. The zero-order valence-corrected chi connectivity index (χ0v) is 9.27. The van der Waals surface area contributed by atoms with E-state index in [0.717, 1.165) is 13.1 Å². The summed E-state index contributed by atoms with van der Waals surface area (Å²) < 4.78 is 0. The van der Waals surface area contributed by atoms with Gasteiger partial charge in [-0.2, -0.15) is 0 Å². The number of rotatable bonds is 6. The molecule has 0 saturated carbocycles. The minimum absolute atomic E-state index is 0.0384. The first-order chi connectivity index (χ1) is 7.56. The van der Waals surface area contributed by atoms with Gasteiger partial charge >= 0.3 is 5.97 Å². The number of nitrogens with one attached hydrogen (secondary N) is 2. The van der Waals surface area contributed by atoms with Gasteiger partial charge < -0.3 is 20.8 Å². The molecular weight excluding hydrogens is 212 g/mol. The normalized spacial score (nSPS) is 19.6. The van der Waals surface area contributed by atoms with E-state index in [1.807, 2.05) is 0 Å². The van der Waals surface area contributed by atoms with Crippen molar-refractivity contribution in [2.24, 2.45) is 11.8 Å². The summed E-state index contributed by atoms with van der Waals surface area (Å²) in [5, 5.41) is 23.0. The van der Waals surface area contributed by atoms with E-state index in [0.29, 0.717) is 0 Å². The third kappa shape index (κ3) is 3.18. The van der Waals surface area contributed by atoms with Crippen LogP contribution in [0.15, 0.2) is 0 Å². The molecule has 2 atom stereocenters. The smallest absolute Gasteiger partial charge is 0.326 e. The molecule has 0 aromatic heterocycles. The maximum atomic E-state index is 11.7. The molecule has 1 amide bonds. The maximum absolute atomic E-state index is 11.7. The number of carbonyl (C=O) groups excluding carboxylic acids is 1. The van der Waals surface area contributed by atoms with Crippen molar-refractivity contribution >= 4 is 11.9 Å². The van der Waals surface area contributed by atoms with Crippen LogP contribution in [0.2, 0.25) is 0 Å². The van der Waals surface area contributed by atoms with Crippen LogP contribution in [-0.4, -0.2) is 47.8 Å². The van der Waals surface area contributed by atoms with Crippen LogP contribution in [0.4, 0.5) is 0 Å².